The number of piperazine rings is 1. The van der Waals surface area contributed by atoms with Crippen LogP contribution >= 0.6 is 39.1 Å². The van der Waals surface area contributed by atoms with Crippen molar-refractivity contribution in [2.75, 3.05) is 33.7 Å². The third kappa shape index (κ3) is 2.90. The van der Waals surface area contributed by atoms with Gasteiger partial charge in [-0.05, 0) is 30.0 Å². The van der Waals surface area contributed by atoms with Crippen molar-refractivity contribution in [2.24, 2.45) is 0 Å². The molecule has 1 aromatic heterocycles. The SMILES string of the molecule is CN1CCN(C)C(c2nc(Cl)c(Br)c(Cl)n2)C1. The van der Waals surface area contributed by atoms with Crippen LogP contribution in [0.4, 0.5) is 0 Å². The highest BCUT2D eigenvalue weighted by Crippen LogP contribution is 2.30. The molecule has 4 nitrogen and oxygen atoms in total. The van der Waals surface area contributed by atoms with Crippen molar-refractivity contribution in [3.8, 4) is 0 Å². The molecule has 1 aliphatic rings. The highest BCUT2D eigenvalue weighted by atomic mass is 79.9. The minimum absolute atomic E-state index is 0.136. The Morgan fingerprint density at radius 3 is 2.35 bits per heavy atom. The predicted molar refractivity (Wildman–Crippen MR) is 72.6 cm³/mol. The second-order valence-electron chi connectivity index (χ2n) is 4.24. The molecule has 17 heavy (non-hydrogen) atoms. The summed E-state index contributed by atoms with van der Waals surface area (Å²) in [6.07, 6.45) is 0. The summed E-state index contributed by atoms with van der Waals surface area (Å²) in [4.78, 5) is 13.1. The standard InChI is InChI=1S/C10H13BrCl2N4/c1-16-3-4-17(2)6(5-16)10-14-8(12)7(11)9(13)15-10/h6H,3-5H2,1-2H3. The number of hydrogen-bond donors (Lipinski definition) is 0. The lowest BCUT2D eigenvalue weighted by Gasteiger charge is -2.36. The molecule has 2 heterocycles. The molecule has 1 aliphatic heterocycles. The Bertz CT molecular complexity index is 406. The maximum Gasteiger partial charge on any atom is 0.150 e. The number of rotatable bonds is 1. The summed E-state index contributed by atoms with van der Waals surface area (Å²) in [5.41, 5.74) is 0. The van der Waals surface area contributed by atoms with Gasteiger partial charge in [0.05, 0.1) is 10.5 Å². The topological polar surface area (TPSA) is 32.3 Å². The lowest BCUT2D eigenvalue weighted by molar-refractivity contribution is 0.109. The van der Waals surface area contributed by atoms with Crippen LogP contribution in [0.1, 0.15) is 11.9 Å². The Labute approximate surface area is 119 Å². The number of halogens is 3. The van der Waals surface area contributed by atoms with Crippen LogP contribution in [0, 0.1) is 0 Å². The first-order valence-electron chi connectivity index (χ1n) is 5.26. The fourth-order valence-electron chi connectivity index (χ4n) is 1.85. The second kappa shape index (κ2) is 5.36. The van der Waals surface area contributed by atoms with Gasteiger partial charge in [0.2, 0.25) is 0 Å². The van der Waals surface area contributed by atoms with Crippen LogP contribution in [0.2, 0.25) is 10.3 Å². The molecule has 2 rings (SSSR count). The number of likely N-dealkylation sites (N-methyl/N-ethyl adjacent to an activating group) is 2. The number of hydrogen-bond acceptors (Lipinski definition) is 4. The molecule has 1 saturated heterocycles. The largest absolute Gasteiger partial charge is 0.303 e. The summed E-state index contributed by atoms with van der Waals surface area (Å²) in [7, 11) is 4.15. The van der Waals surface area contributed by atoms with Gasteiger partial charge in [0.25, 0.3) is 0 Å². The molecular formula is C10H13BrCl2N4. The van der Waals surface area contributed by atoms with E-state index < -0.39 is 0 Å². The van der Waals surface area contributed by atoms with Crippen molar-refractivity contribution in [1.29, 1.82) is 0 Å². The highest BCUT2D eigenvalue weighted by molar-refractivity contribution is 9.10. The lowest BCUT2D eigenvalue weighted by atomic mass is 10.2. The fourth-order valence-corrected chi connectivity index (χ4v) is 2.43. The molecule has 0 N–H and O–H groups in total. The van der Waals surface area contributed by atoms with E-state index in [-0.39, 0.29) is 6.04 Å². The quantitative estimate of drug-likeness (QED) is 0.736. The van der Waals surface area contributed by atoms with Crippen molar-refractivity contribution >= 4 is 39.1 Å². The van der Waals surface area contributed by atoms with Crippen LogP contribution in [-0.4, -0.2) is 53.5 Å². The van der Waals surface area contributed by atoms with Crippen molar-refractivity contribution < 1.29 is 0 Å². The maximum absolute atomic E-state index is 6.01. The summed E-state index contributed by atoms with van der Waals surface area (Å²) < 4.78 is 0.552. The number of nitrogens with zero attached hydrogens (tertiary/aromatic N) is 4. The van der Waals surface area contributed by atoms with Gasteiger partial charge >= 0.3 is 0 Å². The first-order valence-corrected chi connectivity index (χ1v) is 6.81. The van der Waals surface area contributed by atoms with E-state index in [1.165, 1.54) is 0 Å². The summed E-state index contributed by atoms with van der Waals surface area (Å²) >= 11 is 15.3. The van der Waals surface area contributed by atoms with E-state index in [1.54, 1.807) is 0 Å². The van der Waals surface area contributed by atoms with E-state index >= 15 is 0 Å². The predicted octanol–water partition coefficient (Wildman–Crippen LogP) is 2.46. The molecule has 0 aliphatic carbocycles. The monoisotopic (exact) mass is 338 g/mol. The van der Waals surface area contributed by atoms with E-state index in [2.05, 4.69) is 49.8 Å². The average molecular weight is 340 g/mol. The van der Waals surface area contributed by atoms with E-state index in [1.807, 2.05) is 0 Å². The molecule has 1 atom stereocenters. The van der Waals surface area contributed by atoms with E-state index in [9.17, 15) is 0 Å². The van der Waals surface area contributed by atoms with Gasteiger partial charge in [0, 0.05) is 19.6 Å². The fraction of sp³-hybridized carbons (Fsp3) is 0.600. The first-order chi connectivity index (χ1) is 7.99. The Kier molecular flexibility index (Phi) is 4.26. The minimum atomic E-state index is 0.136. The Hall–Kier alpha value is 0.0600. The zero-order valence-electron chi connectivity index (χ0n) is 9.62. The first kappa shape index (κ1) is 13.5. The summed E-state index contributed by atoms with van der Waals surface area (Å²) in [6.45, 7) is 2.91. The molecular weight excluding hydrogens is 327 g/mol. The zero-order valence-corrected chi connectivity index (χ0v) is 12.7. The third-order valence-corrected chi connectivity index (χ3v) is 4.69. The van der Waals surface area contributed by atoms with Crippen LogP contribution in [0.15, 0.2) is 4.47 Å². The molecule has 1 aromatic rings. The Balaban J connectivity index is 2.32. The summed E-state index contributed by atoms with van der Waals surface area (Å²) in [5.74, 6) is 0.678. The van der Waals surface area contributed by atoms with Gasteiger partial charge in [-0.3, -0.25) is 4.90 Å². The van der Waals surface area contributed by atoms with Crippen LogP contribution in [0.3, 0.4) is 0 Å². The summed E-state index contributed by atoms with van der Waals surface area (Å²) in [6, 6.07) is 0.136. The lowest BCUT2D eigenvalue weighted by Crippen LogP contribution is -2.45. The molecule has 1 unspecified atom stereocenters. The van der Waals surface area contributed by atoms with Crippen LogP contribution < -0.4 is 0 Å². The van der Waals surface area contributed by atoms with Gasteiger partial charge in [-0.2, -0.15) is 0 Å². The Morgan fingerprint density at radius 2 is 1.76 bits per heavy atom. The van der Waals surface area contributed by atoms with E-state index in [0.717, 1.165) is 19.6 Å². The average Bonchev–Trinajstić information content (AvgIpc) is 2.28. The molecule has 7 heteroatoms. The van der Waals surface area contributed by atoms with Gasteiger partial charge in [0.1, 0.15) is 16.1 Å². The van der Waals surface area contributed by atoms with Crippen LogP contribution in [0.25, 0.3) is 0 Å². The van der Waals surface area contributed by atoms with Gasteiger partial charge in [-0.15, -0.1) is 0 Å². The maximum atomic E-state index is 6.01. The van der Waals surface area contributed by atoms with Crippen molar-refractivity contribution in [3.63, 3.8) is 0 Å². The van der Waals surface area contributed by atoms with Gasteiger partial charge < -0.3 is 4.90 Å². The van der Waals surface area contributed by atoms with Gasteiger partial charge in [-0.25, -0.2) is 9.97 Å². The molecule has 1 fully saturated rings. The normalized spacial score (nSPS) is 23.0. The highest BCUT2D eigenvalue weighted by Gasteiger charge is 2.27. The summed E-state index contributed by atoms with van der Waals surface area (Å²) in [5, 5.41) is 0.725. The molecule has 0 amide bonds. The Morgan fingerprint density at radius 1 is 1.18 bits per heavy atom. The zero-order chi connectivity index (χ0) is 12.6. The van der Waals surface area contributed by atoms with Gasteiger partial charge in [-0.1, -0.05) is 23.2 Å². The minimum Gasteiger partial charge on any atom is -0.303 e. The van der Waals surface area contributed by atoms with Crippen molar-refractivity contribution in [2.45, 2.75) is 6.04 Å². The second-order valence-corrected chi connectivity index (χ2v) is 5.75. The smallest absolute Gasteiger partial charge is 0.150 e. The molecule has 0 radical (unpaired) electrons. The van der Waals surface area contributed by atoms with Crippen molar-refractivity contribution in [1.82, 2.24) is 19.8 Å². The molecule has 0 bridgehead atoms. The molecule has 94 valence electrons. The van der Waals surface area contributed by atoms with Crippen LogP contribution in [0.5, 0.6) is 0 Å². The molecule has 0 saturated carbocycles. The number of aromatic nitrogens is 2. The molecule has 0 spiro atoms. The molecule has 0 aromatic carbocycles. The van der Waals surface area contributed by atoms with E-state index in [0.29, 0.717) is 20.6 Å². The third-order valence-electron chi connectivity index (χ3n) is 2.94. The van der Waals surface area contributed by atoms with Crippen molar-refractivity contribution in [3.05, 3.63) is 20.6 Å². The van der Waals surface area contributed by atoms with Gasteiger partial charge in [0.15, 0.2) is 0 Å². The van der Waals surface area contributed by atoms with Crippen LogP contribution in [-0.2, 0) is 0 Å². The van der Waals surface area contributed by atoms with E-state index in [4.69, 9.17) is 23.2 Å².